The van der Waals surface area contributed by atoms with Crippen molar-refractivity contribution in [2.45, 2.75) is 24.0 Å². The summed E-state index contributed by atoms with van der Waals surface area (Å²) in [6.07, 6.45) is 0. The molecule has 0 heterocycles. The molecule has 0 saturated heterocycles. The fourth-order valence-electron chi connectivity index (χ4n) is 1.88. The zero-order valence-corrected chi connectivity index (χ0v) is 14.3. The van der Waals surface area contributed by atoms with E-state index in [-0.39, 0.29) is 11.2 Å². The van der Waals surface area contributed by atoms with E-state index >= 15 is 0 Å². The second kappa shape index (κ2) is 7.56. The molecule has 0 unspecified atom stereocenters. The Labute approximate surface area is 140 Å². The first-order chi connectivity index (χ1) is 10.5. The maximum Gasteiger partial charge on any atom is 0.237 e. The number of carbonyl (C=O) groups is 1. The number of amides is 1. The molecule has 0 aliphatic carbocycles. The van der Waals surface area contributed by atoms with Gasteiger partial charge in [0.1, 0.15) is 5.75 Å². The highest BCUT2D eigenvalue weighted by atomic mass is 35.5. The predicted octanol–water partition coefficient (Wildman–Crippen LogP) is 4.78. The number of methoxy groups -OCH3 is 1. The molecule has 1 amide bonds. The number of anilines is 1. The van der Waals surface area contributed by atoms with Crippen molar-refractivity contribution in [1.82, 2.24) is 0 Å². The molecule has 1 atom stereocenters. The van der Waals surface area contributed by atoms with Gasteiger partial charge in [0.05, 0.1) is 12.4 Å². The Bertz CT molecular complexity index is 658. The molecule has 0 aromatic heterocycles. The van der Waals surface area contributed by atoms with Crippen LogP contribution >= 0.6 is 23.4 Å². The van der Waals surface area contributed by atoms with Crippen molar-refractivity contribution in [2.24, 2.45) is 0 Å². The maximum absolute atomic E-state index is 12.3. The third kappa shape index (κ3) is 4.42. The van der Waals surface area contributed by atoms with E-state index in [4.69, 9.17) is 16.3 Å². The molecular formula is C17H18ClNO2S. The van der Waals surface area contributed by atoms with Crippen LogP contribution in [0.5, 0.6) is 5.75 Å². The van der Waals surface area contributed by atoms with E-state index in [2.05, 4.69) is 5.32 Å². The van der Waals surface area contributed by atoms with Gasteiger partial charge in [0.25, 0.3) is 0 Å². The highest BCUT2D eigenvalue weighted by Gasteiger charge is 2.15. The van der Waals surface area contributed by atoms with Crippen LogP contribution in [0.2, 0.25) is 5.02 Å². The van der Waals surface area contributed by atoms with Gasteiger partial charge in [-0.05, 0) is 55.8 Å². The van der Waals surface area contributed by atoms with E-state index in [1.54, 1.807) is 13.2 Å². The van der Waals surface area contributed by atoms with Gasteiger partial charge >= 0.3 is 0 Å². The summed E-state index contributed by atoms with van der Waals surface area (Å²) in [5, 5.41) is 3.32. The van der Waals surface area contributed by atoms with Gasteiger partial charge in [-0.15, -0.1) is 11.8 Å². The third-order valence-electron chi connectivity index (χ3n) is 3.20. The molecule has 0 saturated carbocycles. The number of hydrogen-bond donors (Lipinski definition) is 1. The Morgan fingerprint density at radius 2 is 1.91 bits per heavy atom. The topological polar surface area (TPSA) is 38.3 Å². The standard InChI is InChI=1S/C17H18ClNO2S/c1-11-4-5-13(18)10-16(11)19-17(20)12(2)22-15-8-6-14(21-3)7-9-15/h4-10,12H,1-3H3,(H,19,20)/t12-/m1/s1. The van der Waals surface area contributed by atoms with E-state index in [0.29, 0.717) is 5.02 Å². The van der Waals surface area contributed by atoms with Crippen molar-refractivity contribution in [3.63, 3.8) is 0 Å². The third-order valence-corrected chi connectivity index (χ3v) is 4.55. The van der Waals surface area contributed by atoms with Crippen molar-refractivity contribution in [1.29, 1.82) is 0 Å². The lowest BCUT2D eigenvalue weighted by atomic mass is 10.2. The molecule has 2 aromatic carbocycles. The number of halogens is 1. The summed E-state index contributed by atoms with van der Waals surface area (Å²) >= 11 is 7.47. The van der Waals surface area contributed by atoms with Crippen molar-refractivity contribution in [3.05, 3.63) is 53.1 Å². The quantitative estimate of drug-likeness (QED) is 0.799. The van der Waals surface area contributed by atoms with E-state index in [0.717, 1.165) is 21.9 Å². The van der Waals surface area contributed by atoms with E-state index in [1.807, 2.05) is 50.2 Å². The Morgan fingerprint density at radius 3 is 2.55 bits per heavy atom. The molecule has 0 bridgehead atoms. The number of hydrogen-bond acceptors (Lipinski definition) is 3. The minimum Gasteiger partial charge on any atom is -0.497 e. The summed E-state index contributed by atoms with van der Waals surface area (Å²) in [5.41, 5.74) is 1.74. The number of carbonyl (C=O) groups excluding carboxylic acids is 1. The minimum atomic E-state index is -0.216. The molecule has 0 aliphatic heterocycles. The zero-order chi connectivity index (χ0) is 16.1. The molecule has 22 heavy (non-hydrogen) atoms. The fourth-order valence-corrected chi connectivity index (χ4v) is 2.91. The van der Waals surface area contributed by atoms with Crippen LogP contribution in [0.1, 0.15) is 12.5 Å². The summed E-state index contributed by atoms with van der Waals surface area (Å²) in [6, 6.07) is 13.1. The summed E-state index contributed by atoms with van der Waals surface area (Å²) in [4.78, 5) is 13.3. The van der Waals surface area contributed by atoms with Crippen LogP contribution in [-0.4, -0.2) is 18.3 Å². The molecule has 5 heteroatoms. The molecule has 2 rings (SSSR count). The molecule has 0 fully saturated rings. The van der Waals surface area contributed by atoms with Crippen molar-refractivity contribution >= 4 is 35.0 Å². The lowest BCUT2D eigenvalue weighted by Crippen LogP contribution is -2.22. The highest BCUT2D eigenvalue weighted by molar-refractivity contribution is 8.00. The average molecular weight is 336 g/mol. The van der Waals surface area contributed by atoms with Crippen LogP contribution in [-0.2, 0) is 4.79 Å². The van der Waals surface area contributed by atoms with Crippen molar-refractivity contribution < 1.29 is 9.53 Å². The highest BCUT2D eigenvalue weighted by Crippen LogP contribution is 2.27. The van der Waals surface area contributed by atoms with Crippen LogP contribution in [0, 0.1) is 6.92 Å². The van der Waals surface area contributed by atoms with Gasteiger partial charge in [-0.25, -0.2) is 0 Å². The average Bonchev–Trinajstić information content (AvgIpc) is 2.51. The Kier molecular flexibility index (Phi) is 5.75. The molecule has 2 aromatic rings. The van der Waals surface area contributed by atoms with Gasteiger partial charge in [-0.2, -0.15) is 0 Å². The Morgan fingerprint density at radius 1 is 1.23 bits per heavy atom. The van der Waals surface area contributed by atoms with Gasteiger partial charge in [0, 0.05) is 15.6 Å². The van der Waals surface area contributed by atoms with E-state index in [9.17, 15) is 4.79 Å². The molecule has 0 aliphatic rings. The maximum atomic E-state index is 12.3. The Balaban J connectivity index is 2.00. The summed E-state index contributed by atoms with van der Waals surface area (Å²) in [7, 11) is 1.63. The number of benzene rings is 2. The van der Waals surface area contributed by atoms with Gasteiger partial charge in [0.2, 0.25) is 5.91 Å². The number of ether oxygens (including phenoxy) is 1. The lowest BCUT2D eigenvalue weighted by Gasteiger charge is -2.14. The monoisotopic (exact) mass is 335 g/mol. The molecule has 116 valence electrons. The minimum absolute atomic E-state index is 0.0498. The van der Waals surface area contributed by atoms with Crippen LogP contribution < -0.4 is 10.1 Å². The lowest BCUT2D eigenvalue weighted by molar-refractivity contribution is -0.115. The van der Waals surface area contributed by atoms with Gasteiger partial charge in [0.15, 0.2) is 0 Å². The van der Waals surface area contributed by atoms with Crippen molar-refractivity contribution in [3.8, 4) is 5.75 Å². The van der Waals surface area contributed by atoms with Crippen LogP contribution in [0.25, 0.3) is 0 Å². The smallest absolute Gasteiger partial charge is 0.237 e. The largest absolute Gasteiger partial charge is 0.497 e. The van der Waals surface area contributed by atoms with Gasteiger partial charge in [-0.3, -0.25) is 4.79 Å². The van der Waals surface area contributed by atoms with E-state index < -0.39 is 0 Å². The first-order valence-electron chi connectivity index (χ1n) is 6.87. The summed E-state index contributed by atoms with van der Waals surface area (Å²) in [6.45, 7) is 3.82. The second-order valence-corrected chi connectivity index (χ2v) is 6.73. The van der Waals surface area contributed by atoms with Crippen molar-refractivity contribution in [2.75, 3.05) is 12.4 Å². The second-order valence-electron chi connectivity index (χ2n) is 4.88. The first kappa shape index (κ1) is 16.7. The first-order valence-corrected chi connectivity index (χ1v) is 8.13. The Hall–Kier alpha value is -1.65. The number of thioether (sulfide) groups is 1. The molecule has 0 spiro atoms. The number of rotatable bonds is 5. The summed E-state index contributed by atoms with van der Waals surface area (Å²) < 4.78 is 5.12. The fraction of sp³-hybridized carbons (Fsp3) is 0.235. The molecule has 3 nitrogen and oxygen atoms in total. The zero-order valence-electron chi connectivity index (χ0n) is 12.7. The molecule has 0 radical (unpaired) electrons. The number of aryl methyl sites for hydroxylation is 1. The summed E-state index contributed by atoms with van der Waals surface area (Å²) in [5.74, 6) is 0.752. The van der Waals surface area contributed by atoms with Gasteiger partial charge < -0.3 is 10.1 Å². The number of nitrogens with one attached hydrogen (secondary N) is 1. The van der Waals surface area contributed by atoms with E-state index in [1.165, 1.54) is 11.8 Å². The van der Waals surface area contributed by atoms with Crippen LogP contribution in [0.3, 0.4) is 0 Å². The SMILES string of the molecule is COc1ccc(S[C@H](C)C(=O)Nc2cc(Cl)ccc2C)cc1. The molecular weight excluding hydrogens is 318 g/mol. The normalized spacial score (nSPS) is 11.8. The predicted molar refractivity (Wildman–Crippen MR) is 93.1 cm³/mol. The molecule has 1 N–H and O–H groups in total. The van der Waals surface area contributed by atoms with Gasteiger partial charge in [-0.1, -0.05) is 17.7 Å². The van der Waals surface area contributed by atoms with Crippen LogP contribution in [0.15, 0.2) is 47.4 Å². The van der Waals surface area contributed by atoms with Crippen LogP contribution in [0.4, 0.5) is 5.69 Å².